The van der Waals surface area contributed by atoms with Crippen LogP contribution in [0.25, 0.3) is 11.0 Å². The number of carbonyl (C=O) groups is 1. The lowest BCUT2D eigenvalue weighted by atomic mass is 10.2. The zero-order valence-corrected chi connectivity index (χ0v) is 13.2. The van der Waals surface area contributed by atoms with Crippen molar-refractivity contribution in [1.29, 1.82) is 0 Å². The molecule has 0 saturated heterocycles. The summed E-state index contributed by atoms with van der Waals surface area (Å²) in [6.07, 6.45) is 0. The molecule has 122 valence electrons. The van der Waals surface area contributed by atoms with Crippen LogP contribution in [0.4, 0.5) is 11.4 Å². The van der Waals surface area contributed by atoms with Gasteiger partial charge in [0.05, 0.1) is 22.7 Å². The molecule has 7 nitrogen and oxygen atoms in total. The number of rotatable bonds is 4. The SMILES string of the molecule is COc1cccc2cc(C(=O)Nc3cc([N+](=O)[O-])ccc3Cl)oc12. The van der Waals surface area contributed by atoms with Crippen molar-refractivity contribution in [2.24, 2.45) is 0 Å². The van der Waals surface area contributed by atoms with Gasteiger partial charge in [-0.3, -0.25) is 14.9 Å². The maximum absolute atomic E-state index is 12.3. The fraction of sp³-hybridized carbons (Fsp3) is 0.0625. The van der Waals surface area contributed by atoms with Crippen molar-refractivity contribution in [2.45, 2.75) is 0 Å². The molecule has 3 rings (SSSR count). The number of benzene rings is 2. The molecule has 1 aromatic heterocycles. The lowest BCUT2D eigenvalue weighted by Crippen LogP contribution is -2.11. The number of non-ortho nitro benzene ring substituents is 1. The summed E-state index contributed by atoms with van der Waals surface area (Å²) in [7, 11) is 1.50. The number of fused-ring (bicyclic) bond motifs is 1. The molecule has 0 saturated carbocycles. The van der Waals surface area contributed by atoms with Gasteiger partial charge in [0.1, 0.15) is 0 Å². The van der Waals surface area contributed by atoms with Gasteiger partial charge >= 0.3 is 0 Å². The summed E-state index contributed by atoms with van der Waals surface area (Å²) in [5.41, 5.74) is 0.388. The number of nitro groups is 1. The van der Waals surface area contributed by atoms with Gasteiger partial charge in [-0.25, -0.2) is 0 Å². The van der Waals surface area contributed by atoms with Crippen LogP contribution in [-0.2, 0) is 0 Å². The second-order valence-corrected chi connectivity index (χ2v) is 5.27. The molecule has 0 spiro atoms. The van der Waals surface area contributed by atoms with Crippen LogP contribution in [0.2, 0.25) is 5.02 Å². The van der Waals surface area contributed by atoms with Gasteiger partial charge < -0.3 is 14.5 Å². The Morgan fingerprint density at radius 3 is 2.79 bits per heavy atom. The number of nitrogens with zero attached hydrogens (tertiary/aromatic N) is 1. The van der Waals surface area contributed by atoms with E-state index in [-0.39, 0.29) is 22.2 Å². The third-order valence-corrected chi connectivity index (χ3v) is 3.69. The van der Waals surface area contributed by atoms with Crippen molar-refractivity contribution in [3.05, 3.63) is 63.4 Å². The number of anilines is 1. The molecule has 0 unspecified atom stereocenters. The highest BCUT2D eigenvalue weighted by molar-refractivity contribution is 6.34. The molecule has 3 aromatic rings. The van der Waals surface area contributed by atoms with Crippen molar-refractivity contribution in [1.82, 2.24) is 0 Å². The predicted molar refractivity (Wildman–Crippen MR) is 88.8 cm³/mol. The van der Waals surface area contributed by atoms with E-state index in [4.69, 9.17) is 20.8 Å². The number of methoxy groups -OCH3 is 1. The Bertz CT molecular complexity index is 951. The first-order chi connectivity index (χ1) is 11.5. The molecule has 1 heterocycles. The van der Waals surface area contributed by atoms with E-state index >= 15 is 0 Å². The summed E-state index contributed by atoms with van der Waals surface area (Å²) in [6.45, 7) is 0. The molecule has 0 aliphatic carbocycles. The largest absolute Gasteiger partial charge is 0.493 e. The molecule has 0 fully saturated rings. The van der Waals surface area contributed by atoms with Crippen LogP contribution in [0.15, 0.2) is 46.9 Å². The maximum atomic E-state index is 12.3. The van der Waals surface area contributed by atoms with E-state index in [0.29, 0.717) is 16.7 Å². The van der Waals surface area contributed by atoms with Crippen LogP contribution in [0.5, 0.6) is 5.75 Å². The number of amides is 1. The summed E-state index contributed by atoms with van der Waals surface area (Å²) in [4.78, 5) is 22.6. The van der Waals surface area contributed by atoms with E-state index < -0.39 is 10.8 Å². The van der Waals surface area contributed by atoms with Gasteiger partial charge in [0.15, 0.2) is 17.1 Å². The quantitative estimate of drug-likeness (QED) is 0.562. The average molecular weight is 347 g/mol. The van der Waals surface area contributed by atoms with Crippen LogP contribution in [-0.4, -0.2) is 17.9 Å². The highest BCUT2D eigenvalue weighted by atomic mass is 35.5. The number of furan rings is 1. The van der Waals surface area contributed by atoms with Gasteiger partial charge in [0.2, 0.25) is 0 Å². The Morgan fingerprint density at radius 2 is 2.08 bits per heavy atom. The third-order valence-electron chi connectivity index (χ3n) is 3.36. The first-order valence-electron chi connectivity index (χ1n) is 6.81. The van der Waals surface area contributed by atoms with E-state index in [9.17, 15) is 14.9 Å². The van der Waals surface area contributed by atoms with Crippen molar-refractivity contribution >= 4 is 39.9 Å². The fourth-order valence-electron chi connectivity index (χ4n) is 2.22. The topological polar surface area (TPSA) is 94.6 Å². The Morgan fingerprint density at radius 1 is 1.29 bits per heavy atom. The number of hydrogen-bond donors (Lipinski definition) is 1. The Hall–Kier alpha value is -3.06. The van der Waals surface area contributed by atoms with Crippen molar-refractivity contribution < 1.29 is 18.9 Å². The summed E-state index contributed by atoms with van der Waals surface area (Å²) in [6, 6.07) is 10.6. The maximum Gasteiger partial charge on any atom is 0.291 e. The van der Waals surface area contributed by atoms with E-state index in [1.54, 1.807) is 24.3 Å². The lowest BCUT2D eigenvalue weighted by Gasteiger charge is -2.05. The summed E-state index contributed by atoms with van der Waals surface area (Å²) in [5, 5.41) is 14.2. The number of para-hydroxylation sites is 1. The molecule has 0 radical (unpaired) electrons. The molecule has 24 heavy (non-hydrogen) atoms. The third kappa shape index (κ3) is 2.89. The normalized spacial score (nSPS) is 10.6. The van der Waals surface area contributed by atoms with Gasteiger partial charge in [0.25, 0.3) is 11.6 Å². The highest BCUT2D eigenvalue weighted by Gasteiger charge is 2.17. The minimum Gasteiger partial charge on any atom is -0.493 e. The summed E-state index contributed by atoms with van der Waals surface area (Å²) >= 11 is 5.97. The molecular formula is C16H11ClN2O5. The van der Waals surface area contributed by atoms with Crippen molar-refractivity contribution in [2.75, 3.05) is 12.4 Å². The highest BCUT2D eigenvalue weighted by Crippen LogP contribution is 2.30. The van der Waals surface area contributed by atoms with E-state index in [1.807, 2.05) is 0 Å². The van der Waals surface area contributed by atoms with Crippen LogP contribution in [0, 0.1) is 10.1 Å². The number of halogens is 1. The molecule has 8 heteroatoms. The second kappa shape index (κ2) is 6.21. The van der Waals surface area contributed by atoms with Gasteiger partial charge in [0, 0.05) is 17.5 Å². The average Bonchev–Trinajstić information content (AvgIpc) is 3.00. The number of nitrogens with one attached hydrogen (secondary N) is 1. The zero-order valence-electron chi connectivity index (χ0n) is 12.4. The molecule has 2 aromatic carbocycles. The van der Waals surface area contributed by atoms with E-state index in [0.717, 1.165) is 0 Å². The van der Waals surface area contributed by atoms with Crippen molar-refractivity contribution in [3.8, 4) is 5.75 Å². The van der Waals surface area contributed by atoms with E-state index in [1.165, 1.54) is 25.3 Å². The molecular weight excluding hydrogens is 336 g/mol. The molecule has 1 N–H and O–H groups in total. The Kier molecular flexibility index (Phi) is 4.09. The second-order valence-electron chi connectivity index (χ2n) is 4.86. The van der Waals surface area contributed by atoms with Crippen LogP contribution in [0.3, 0.4) is 0 Å². The summed E-state index contributed by atoms with van der Waals surface area (Å²) < 4.78 is 10.7. The van der Waals surface area contributed by atoms with Crippen LogP contribution < -0.4 is 10.1 Å². The monoisotopic (exact) mass is 346 g/mol. The molecule has 0 aliphatic rings. The van der Waals surface area contributed by atoms with Crippen molar-refractivity contribution in [3.63, 3.8) is 0 Å². The van der Waals surface area contributed by atoms with E-state index in [2.05, 4.69) is 5.32 Å². The fourth-order valence-corrected chi connectivity index (χ4v) is 2.38. The zero-order chi connectivity index (χ0) is 17.3. The summed E-state index contributed by atoms with van der Waals surface area (Å²) in [5.74, 6) is -0.0346. The number of hydrogen-bond acceptors (Lipinski definition) is 5. The minimum absolute atomic E-state index is 0.0390. The number of nitro benzene ring substituents is 1. The van der Waals surface area contributed by atoms with Gasteiger partial charge in [-0.1, -0.05) is 23.7 Å². The Labute approximate surface area is 140 Å². The minimum atomic E-state index is -0.573. The molecule has 0 aliphatic heterocycles. The van der Waals surface area contributed by atoms with Gasteiger partial charge in [-0.15, -0.1) is 0 Å². The molecule has 0 bridgehead atoms. The van der Waals surface area contributed by atoms with Crippen LogP contribution in [0.1, 0.15) is 10.6 Å². The predicted octanol–water partition coefficient (Wildman–Crippen LogP) is 4.26. The standard InChI is InChI=1S/C16H11ClN2O5/c1-23-13-4-2-3-9-7-14(24-15(9)13)16(20)18-12-8-10(19(21)22)5-6-11(12)17/h2-8H,1H3,(H,18,20). The first-order valence-corrected chi connectivity index (χ1v) is 7.19. The smallest absolute Gasteiger partial charge is 0.291 e. The van der Waals surface area contributed by atoms with Gasteiger partial charge in [-0.05, 0) is 18.2 Å². The lowest BCUT2D eigenvalue weighted by molar-refractivity contribution is -0.384. The van der Waals surface area contributed by atoms with Crippen LogP contribution >= 0.6 is 11.6 Å². The molecule has 1 amide bonds. The number of ether oxygens (including phenoxy) is 1. The number of carbonyl (C=O) groups excluding carboxylic acids is 1. The Balaban J connectivity index is 1.93. The molecule has 0 atom stereocenters. The van der Waals surface area contributed by atoms with Gasteiger partial charge in [-0.2, -0.15) is 0 Å². The first kappa shape index (κ1) is 15.8.